The van der Waals surface area contributed by atoms with E-state index in [0.29, 0.717) is 18.7 Å². The molecule has 5 rings (SSSR count). The van der Waals surface area contributed by atoms with E-state index >= 15 is 0 Å². The zero-order valence-electron chi connectivity index (χ0n) is 33.2. The SMILES string of the molecule is CC(=O)OC[C@H]1O[C@@H](CC(=S)Nc2cccc(C3O[C@H](CN(C)CCc4ccccn4)C[C@H](c4ccc(CO)cc4)O3)c2)[C@H](OC(C)=O)[C@@H](OC(C)=O)[C@@H]1OC(C)=O. The van der Waals surface area contributed by atoms with E-state index in [1.807, 2.05) is 66.7 Å². The van der Waals surface area contributed by atoms with Crippen molar-refractivity contribution in [3.8, 4) is 0 Å². The number of hydrogen-bond acceptors (Lipinski definition) is 15. The smallest absolute Gasteiger partial charge is 0.303 e. The number of likely N-dealkylation sites (N-methyl/N-ethyl adjacent to an activating group) is 1. The van der Waals surface area contributed by atoms with Crippen molar-refractivity contribution in [3.63, 3.8) is 0 Å². The lowest BCUT2D eigenvalue weighted by Crippen LogP contribution is -2.62. The number of hydrogen-bond donors (Lipinski definition) is 2. The topological polar surface area (TPSA) is 181 Å². The molecule has 0 radical (unpaired) electrons. The Morgan fingerprint density at radius 3 is 2.16 bits per heavy atom. The van der Waals surface area contributed by atoms with E-state index < -0.39 is 60.7 Å². The Morgan fingerprint density at radius 2 is 1.52 bits per heavy atom. The fraction of sp³-hybridized carbons (Fsp3) is 0.476. The highest BCUT2D eigenvalue weighted by Crippen LogP contribution is 2.39. The van der Waals surface area contributed by atoms with Crippen molar-refractivity contribution < 1.29 is 57.4 Å². The second-order valence-corrected chi connectivity index (χ2v) is 14.8. The van der Waals surface area contributed by atoms with Crippen molar-refractivity contribution in [1.82, 2.24) is 9.88 Å². The molecule has 0 spiro atoms. The Bertz CT molecular complexity index is 1870. The van der Waals surface area contributed by atoms with Gasteiger partial charge in [0.05, 0.1) is 23.8 Å². The van der Waals surface area contributed by atoms with E-state index in [2.05, 4.69) is 22.2 Å². The summed E-state index contributed by atoms with van der Waals surface area (Å²) < 4.78 is 41.3. The number of aromatic nitrogens is 1. The molecule has 2 fully saturated rings. The highest BCUT2D eigenvalue weighted by Gasteiger charge is 2.52. The van der Waals surface area contributed by atoms with Crippen LogP contribution in [0.3, 0.4) is 0 Å². The van der Waals surface area contributed by atoms with E-state index in [-0.39, 0.29) is 36.8 Å². The largest absolute Gasteiger partial charge is 0.463 e. The third-order valence-corrected chi connectivity index (χ3v) is 9.79. The van der Waals surface area contributed by atoms with Gasteiger partial charge in [-0.2, -0.15) is 0 Å². The van der Waals surface area contributed by atoms with Crippen LogP contribution in [0, 0.1) is 0 Å². The van der Waals surface area contributed by atoms with Gasteiger partial charge in [0, 0.05) is 83.2 Å². The van der Waals surface area contributed by atoms with Crippen LogP contribution < -0.4 is 5.32 Å². The van der Waals surface area contributed by atoms with Gasteiger partial charge < -0.3 is 48.5 Å². The summed E-state index contributed by atoms with van der Waals surface area (Å²) in [6.45, 7) is 5.76. The number of nitrogens with one attached hydrogen (secondary N) is 1. The molecule has 3 heterocycles. The Morgan fingerprint density at radius 1 is 0.828 bits per heavy atom. The molecule has 0 saturated carbocycles. The number of carbonyl (C=O) groups excluding carboxylic acids is 4. The van der Waals surface area contributed by atoms with Crippen LogP contribution in [-0.2, 0) is 65.4 Å². The molecule has 0 bridgehead atoms. The molecule has 2 aliphatic rings. The third kappa shape index (κ3) is 13.1. The van der Waals surface area contributed by atoms with E-state index in [4.69, 9.17) is 45.4 Å². The van der Waals surface area contributed by atoms with Crippen LogP contribution in [0.25, 0.3) is 0 Å². The first-order valence-corrected chi connectivity index (χ1v) is 19.5. The fourth-order valence-corrected chi connectivity index (χ4v) is 7.25. The molecule has 2 N–H and O–H groups in total. The van der Waals surface area contributed by atoms with Gasteiger partial charge in [0.2, 0.25) is 0 Å². The molecule has 2 saturated heterocycles. The monoisotopic (exact) mass is 821 g/mol. The minimum atomic E-state index is -1.30. The van der Waals surface area contributed by atoms with Crippen molar-refractivity contribution in [2.75, 3.05) is 32.1 Å². The molecule has 0 aliphatic carbocycles. The highest BCUT2D eigenvalue weighted by molar-refractivity contribution is 7.80. The van der Waals surface area contributed by atoms with Gasteiger partial charge in [-0.3, -0.25) is 24.2 Å². The maximum atomic E-state index is 12.3. The number of aliphatic hydroxyl groups is 1. The predicted molar refractivity (Wildman–Crippen MR) is 213 cm³/mol. The number of pyridine rings is 1. The summed E-state index contributed by atoms with van der Waals surface area (Å²) in [6.07, 6.45) is -3.95. The first kappa shape index (κ1) is 44.3. The zero-order chi connectivity index (χ0) is 41.8. The van der Waals surface area contributed by atoms with Gasteiger partial charge >= 0.3 is 23.9 Å². The lowest BCUT2D eigenvalue weighted by molar-refractivity contribution is -0.252. The van der Waals surface area contributed by atoms with Crippen molar-refractivity contribution in [3.05, 3.63) is 95.3 Å². The number of rotatable bonds is 16. The van der Waals surface area contributed by atoms with Crippen LogP contribution in [0.5, 0.6) is 0 Å². The summed E-state index contributed by atoms with van der Waals surface area (Å²) in [6, 6.07) is 21.0. The third-order valence-electron chi connectivity index (χ3n) is 9.52. The summed E-state index contributed by atoms with van der Waals surface area (Å²) >= 11 is 5.78. The molecule has 2 aromatic carbocycles. The summed E-state index contributed by atoms with van der Waals surface area (Å²) in [5.74, 6) is -2.75. The predicted octanol–water partition coefficient (Wildman–Crippen LogP) is 4.55. The first-order valence-electron chi connectivity index (χ1n) is 19.1. The molecule has 58 heavy (non-hydrogen) atoms. The number of benzene rings is 2. The van der Waals surface area contributed by atoms with Gasteiger partial charge in [0.1, 0.15) is 18.8 Å². The van der Waals surface area contributed by atoms with Crippen LogP contribution in [0.15, 0.2) is 72.9 Å². The second kappa shape index (κ2) is 21.2. The number of anilines is 1. The molecule has 2 aliphatic heterocycles. The Balaban J connectivity index is 1.33. The Labute approximate surface area is 343 Å². The van der Waals surface area contributed by atoms with E-state index in [0.717, 1.165) is 42.3 Å². The number of aliphatic hydroxyl groups excluding tert-OH is 1. The number of thiocarbonyl (C=S) groups is 1. The maximum Gasteiger partial charge on any atom is 0.303 e. The van der Waals surface area contributed by atoms with E-state index in [1.165, 1.54) is 20.8 Å². The van der Waals surface area contributed by atoms with E-state index in [9.17, 15) is 24.3 Å². The summed E-state index contributed by atoms with van der Waals surface area (Å²) in [7, 11) is 2.05. The number of esters is 4. The summed E-state index contributed by atoms with van der Waals surface area (Å²) in [5.41, 5.74) is 4.12. The molecule has 0 amide bonds. The number of carbonyl (C=O) groups is 4. The van der Waals surface area contributed by atoms with Gasteiger partial charge in [0.25, 0.3) is 0 Å². The van der Waals surface area contributed by atoms with Gasteiger partial charge in [-0.1, -0.05) is 54.7 Å². The van der Waals surface area contributed by atoms with Crippen LogP contribution >= 0.6 is 12.2 Å². The fourth-order valence-electron chi connectivity index (χ4n) is 6.96. The molecule has 15 nitrogen and oxygen atoms in total. The van der Waals surface area contributed by atoms with Gasteiger partial charge in [-0.15, -0.1) is 0 Å². The molecule has 8 atom stereocenters. The average molecular weight is 822 g/mol. The molecular weight excluding hydrogens is 771 g/mol. The quantitative estimate of drug-likeness (QED) is 0.117. The van der Waals surface area contributed by atoms with Crippen molar-refractivity contribution in [1.29, 1.82) is 0 Å². The Hall–Kier alpha value is -4.84. The van der Waals surface area contributed by atoms with Crippen LogP contribution in [0.4, 0.5) is 5.69 Å². The van der Waals surface area contributed by atoms with Crippen molar-refractivity contribution in [2.24, 2.45) is 0 Å². The van der Waals surface area contributed by atoms with Crippen molar-refractivity contribution >= 4 is 46.8 Å². The molecule has 16 heteroatoms. The second-order valence-electron chi connectivity index (χ2n) is 14.3. The summed E-state index contributed by atoms with van der Waals surface area (Å²) in [4.78, 5) is 55.4. The first-order chi connectivity index (χ1) is 27.8. The lowest BCUT2D eigenvalue weighted by Gasteiger charge is -2.44. The van der Waals surface area contributed by atoms with Crippen LogP contribution in [0.1, 0.15) is 75.3 Å². The normalized spacial score (nSPS) is 24.3. The Kier molecular flexibility index (Phi) is 16.2. The zero-order valence-corrected chi connectivity index (χ0v) is 34.1. The van der Waals surface area contributed by atoms with E-state index in [1.54, 1.807) is 6.20 Å². The average Bonchev–Trinajstić information content (AvgIpc) is 3.18. The number of nitrogens with zero attached hydrogens (tertiary/aromatic N) is 2. The molecule has 1 aromatic heterocycles. The van der Waals surface area contributed by atoms with Crippen LogP contribution in [-0.4, -0.2) is 107 Å². The van der Waals surface area contributed by atoms with Gasteiger partial charge in [-0.25, -0.2) is 0 Å². The molecule has 1 unspecified atom stereocenters. The standard InChI is InChI=1S/C42H51N3O12S/c1-25(47)51-24-37-40(53-27(3)49)41(54-28(4)50)39(52-26(2)48)36(56-37)21-38(58)44-33-11-8-9-31(19-33)42-55-34(22-45(5)18-16-32-10-6-7-17-43-32)20-35(57-42)30-14-12-29(23-46)13-15-30/h6-15,17,19,34-37,39-42,46H,16,18,20-24H2,1-5H3,(H,44,58)/t34-,35+,36-,37+,39-,40+,41+,42?/m0/s1. The summed E-state index contributed by atoms with van der Waals surface area (Å²) in [5, 5.41) is 12.8. The number of ether oxygens (including phenoxy) is 7. The molecular formula is C42H51N3O12S. The maximum absolute atomic E-state index is 12.3. The van der Waals surface area contributed by atoms with Gasteiger partial charge in [-0.05, 0) is 42.4 Å². The molecule has 312 valence electrons. The minimum Gasteiger partial charge on any atom is -0.463 e. The van der Waals surface area contributed by atoms with Gasteiger partial charge in [0.15, 0.2) is 24.6 Å². The minimum absolute atomic E-state index is 0.0338. The molecule has 3 aromatic rings. The lowest BCUT2D eigenvalue weighted by atomic mass is 9.92. The van der Waals surface area contributed by atoms with Crippen molar-refractivity contribution in [2.45, 2.75) is 103 Å². The van der Waals surface area contributed by atoms with Crippen LogP contribution in [0.2, 0.25) is 0 Å². The highest BCUT2D eigenvalue weighted by atomic mass is 32.1.